The Balaban J connectivity index is 2.84. The Morgan fingerprint density at radius 1 is 1.56 bits per heavy atom. The highest BCUT2D eigenvalue weighted by Crippen LogP contribution is 2.17. The molecule has 96 valence electrons. The maximum Gasteiger partial charge on any atom is 0.265 e. The molecule has 0 fully saturated rings. The molecule has 0 atom stereocenters. The minimum atomic E-state index is -0.213. The van der Waals surface area contributed by atoms with E-state index in [9.17, 15) is 9.59 Å². The van der Waals surface area contributed by atoms with E-state index in [-0.39, 0.29) is 24.9 Å². The molecule has 2 amide bonds. The normalized spacial score (nSPS) is 9.28. The van der Waals surface area contributed by atoms with E-state index < -0.39 is 0 Å². The van der Waals surface area contributed by atoms with E-state index in [0.717, 1.165) is 0 Å². The molecule has 0 aliphatic heterocycles. The van der Waals surface area contributed by atoms with Crippen molar-refractivity contribution in [3.8, 4) is 11.8 Å². The largest absolute Gasteiger partial charge is 0.358 e. The molecule has 0 saturated heterocycles. The van der Waals surface area contributed by atoms with E-state index in [1.54, 1.807) is 18.5 Å². The van der Waals surface area contributed by atoms with Crippen molar-refractivity contribution in [2.45, 2.75) is 0 Å². The number of likely N-dealkylation sites (N-methyl/N-ethyl adjacent to an activating group) is 2. The molecule has 0 bridgehead atoms. The Hall–Kier alpha value is -1.84. The number of rotatable bonds is 3. The number of hydrogen-bond acceptors (Lipinski definition) is 4. The highest BCUT2D eigenvalue weighted by atomic mass is 32.1. The first kappa shape index (κ1) is 14.2. The van der Waals surface area contributed by atoms with E-state index in [0.29, 0.717) is 10.4 Å². The molecule has 3 N–H and O–H groups in total. The van der Waals surface area contributed by atoms with Crippen LogP contribution in [-0.2, 0) is 4.79 Å². The van der Waals surface area contributed by atoms with Crippen LogP contribution in [0.4, 0.5) is 0 Å². The topological polar surface area (TPSA) is 75.4 Å². The zero-order valence-electron chi connectivity index (χ0n) is 10.3. The lowest BCUT2D eigenvalue weighted by Crippen LogP contribution is -2.36. The maximum absolute atomic E-state index is 12.1. The standard InChI is InChI=1S/C12H15N3O2S/c1-14-10(16)8-15(2)12(17)11-9(4-3-6-13)5-7-18-11/h5,7H,6,8,13H2,1-2H3,(H,14,16). The SMILES string of the molecule is CNC(=O)CN(C)C(=O)c1sccc1C#CCN. The number of nitrogens with one attached hydrogen (secondary N) is 1. The Morgan fingerprint density at radius 3 is 2.89 bits per heavy atom. The Bertz CT molecular complexity index is 499. The third-order valence-corrected chi connectivity index (χ3v) is 3.09. The zero-order chi connectivity index (χ0) is 13.5. The van der Waals surface area contributed by atoms with Crippen LogP contribution in [0.2, 0.25) is 0 Å². The van der Waals surface area contributed by atoms with E-state index in [4.69, 9.17) is 5.73 Å². The summed E-state index contributed by atoms with van der Waals surface area (Å²) in [5, 5.41) is 4.26. The molecular formula is C12H15N3O2S. The van der Waals surface area contributed by atoms with Gasteiger partial charge in [0.2, 0.25) is 5.91 Å². The van der Waals surface area contributed by atoms with Gasteiger partial charge < -0.3 is 16.0 Å². The van der Waals surface area contributed by atoms with E-state index in [1.165, 1.54) is 23.3 Å². The summed E-state index contributed by atoms with van der Waals surface area (Å²) >= 11 is 1.30. The molecular weight excluding hydrogens is 250 g/mol. The molecule has 1 aromatic rings. The summed E-state index contributed by atoms with van der Waals surface area (Å²) in [6.45, 7) is 0.272. The molecule has 0 aromatic carbocycles. The molecule has 1 rings (SSSR count). The lowest BCUT2D eigenvalue weighted by molar-refractivity contribution is -0.121. The summed E-state index contributed by atoms with van der Waals surface area (Å²) in [4.78, 5) is 25.2. The summed E-state index contributed by atoms with van der Waals surface area (Å²) in [6, 6.07) is 1.77. The molecule has 1 heterocycles. The van der Waals surface area contributed by atoms with Gasteiger partial charge in [-0.25, -0.2) is 0 Å². The van der Waals surface area contributed by atoms with Crippen molar-refractivity contribution in [1.29, 1.82) is 0 Å². The summed E-state index contributed by atoms with van der Waals surface area (Å²) in [6.07, 6.45) is 0. The van der Waals surface area contributed by atoms with Crippen molar-refractivity contribution in [1.82, 2.24) is 10.2 Å². The van der Waals surface area contributed by atoms with Crippen molar-refractivity contribution in [2.24, 2.45) is 5.73 Å². The highest BCUT2D eigenvalue weighted by Gasteiger charge is 2.18. The maximum atomic E-state index is 12.1. The Labute approximate surface area is 110 Å². The molecule has 0 saturated carbocycles. The number of nitrogens with two attached hydrogens (primary N) is 1. The molecule has 0 aliphatic rings. The number of thiophene rings is 1. The quantitative estimate of drug-likeness (QED) is 0.748. The molecule has 5 nitrogen and oxygen atoms in total. The van der Waals surface area contributed by atoms with Crippen LogP contribution >= 0.6 is 11.3 Å². The molecule has 0 unspecified atom stereocenters. The molecule has 0 spiro atoms. The number of amides is 2. The molecule has 18 heavy (non-hydrogen) atoms. The first-order chi connectivity index (χ1) is 8.60. The van der Waals surface area contributed by atoms with Gasteiger partial charge in [-0.2, -0.15) is 0 Å². The Morgan fingerprint density at radius 2 is 2.28 bits per heavy atom. The fourth-order valence-electron chi connectivity index (χ4n) is 1.26. The van der Waals surface area contributed by atoms with Crippen molar-refractivity contribution < 1.29 is 9.59 Å². The fraction of sp³-hybridized carbons (Fsp3) is 0.333. The van der Waals surface area contributed by atoms with Gasteiger partial charge in [-0.15, -0.1) is 11.3 Å². The monoisotopic (exact) mass is 265 g/mol. The van der Waals surface area contributed by atoms with Crippen LogP contribution in [0.3, 0.4) is 0 Å². The predicted molar refractivity (Wildman–Crippen MR) is 71.3 cm³/mol. The molecule has 0 radical (unpaired) electrons. The lowest BCUT2D eigenvalue weighted by atomic mass is 10.2. The van der Waals surface area contributed by atoms with Crippen LogP contribution in [0.5, 0.6) is 0 Å². The van der Waals surface area contributed by atoms with E-state index in [2.05, 4.69) is 17.2 Å². The predicted octanol–water partition coefficient (Wildman–Crippen LogP) is -0.124. The van der Waals surface area contributed by atoms with Gasteiger partial charge >= 0.3 is 0 Å². The van der Waals surface area contributed by atoms with Crippen molar-refractivity contribution in [3.63, 3.8) is 0 Å². The van der Waals surface area contributed by atoms with Crippen molar-refractivity contribution in [3.05, 3.63) is 21.9 Å². The van der Waals surface area contributed by atoms with Gasteiger partial charge in [0.15, 0.2) is 0 Å². The summed E-state index contributed by atoms with van der Waals surface area (Å²) in [7, 11) is 3.11. The van der Waals surface area contributed by atoms with Crippen LogP contribution in [-0.4, -0.2) is 43.9 Å². The second kappa shape index (κ2) is 6.79. The second-order valence-electron chi connectivity index (χ2n) is 3.50. The minimum absolute atomic E-state index is 0.0248. The summed E-state index contributed by atoms with van der Waals surface area (Å²) in [5.41, 5.74) is 5.95. The van der Waals surface area contributed by atoms with Gasteiger partial charge in [-0.05, 0) is 11.4 Å². The van der Waals surface area contributed by atoms with Crippen LogP contribution in [0.25, 0.3) is 0 Å². The van der Waals surface area contributed by atoms with Crippen LogP contribution in [0.1, 0.15) is 15.2 Å². The number of carbonyl (C=O) groups is 2. The average Bonchev–Trinajstić information content (AvgIpc) is 2.83. The molecule has 6 heteroatoms. The smallest absolute Gasteiger partial charge is 0.265 e. The third kappa shape index (κ3) is 3.58. The van der Waals surface area contributed by atoms with Gasteiger partial charge in [0.1, 0.15) is 4.88 Å². The number of carbonyl (C=O) groups excluding carboxylic acids is 2. The minimum Gasteiger partial charge on any atom is -0.358 e. The summed E-state index contributed by atoms with van der Waals surface area (Å²) in [5.74, 6) is 5.13. The average molecular weight is 265 g/mol. The van der Waals surface area contributed by atoms with Gasteiger partial charge in [0, 0.05) is 19.7 Å². The lowest BCUT2D eigenvalue weighted by Gasteiger charge is -2.15. The van der Waals surface area contributed by atoms with Crippen LogP contribution in [0, 0.1) is 11.8 Å². The van der Waals surface area contributed by atoms with Gasteiger partial charge in [-0.1, -0.05) is 11.8 Å². The van der Waals surface area contributed by atoms with Gasteiger partial charge in [0.05, 0.1) is 13.1 Å². The molecule has 0 aliphatic carbocycles. The summed E-state index contributed by atoms with van der Waals surface area (Å²) < 4.78 is 0. The van der Waals surface area contributed by atoms with Crippen LogP contribution < -0.4 is 11.1 Å². The van der Waals surface area contributed by atoms with Gasteiger partial charge in [0.25, 0.3) is 5.91 Å². The zero-order valence-corrected chi connectivity index (χ0v) is 11.1. The fourth-order valence-corrected chi connectivity index (χ4v) is 2.10. The second-order valence-corrected chi connectivity index (χ2v) is 4.42. The van der Waals surface area contributed by atoms with Gasteiger partial charge in [-0.3, -0.25) is 9.59 Å². The number of nitrogens with zero attached hydrogens (tertiary/aromatic N) is 1. The molecule has 1 aromatic heterocycles. The van der Waals surface area contributed by atoms with E-state index in [1.807, 2.05) is 0 Å². The van der Waals surface area contributed by atoms with E-state index >= 15 is 0 Å². The van der Waals surface area contributed by atoms with Crippen molar-refractivity contribution >= 4 is 23.2 Å². The highest BCUT2D eigenvalue weighted by molar-refractivity contribution is 7.12. The Kier molecular flexibility index (Phi) is 5.36. The first-order valence-electron chi connectivity index (χ1n) is 5.32. The third-order valence-electron chi connectivity index (χ3n) is 2.19. The van der Waals surface area contributed by atoms with Crippen molar-refractivity contribution in [2.75, 3.05) is 27.2 Å². The number of hydrogen-bond donors (Lipinski definition) is 2. The first-order valence-corrected chi connectivity index (χ1v) is 6.20. The van der Waals surface area contributed by atoms with Crippen LogP contribution in [0.15, 0.2) is 11.4 Å².